The van der Waals surface area contributed by atoms with E-state index in [1.165, 1.54) is 22.1 Å². The molecule has 6 nitrogen and oxygen atoms in total. The number of rotatable bonds is 9. The number of hydrogen-bond acceptors (Lipinski definition) is 6. The smallest absolute Gasteiger partial charge is 0.271 e. The Hall–Kier alpha value is -4.98. The molecule has 5 aromatic carbocycles. The van der Waals surface area contributed by atoms with Crippen molar-refractivity contribution in [3.05, 3.63) is 142 Å². The van der Waals surface area contributed by atoms with Crippen molar-refractivity contribution < 1.29 is 9.53 Å². The van der Waals surface area contributed by atoms with Gasteiger partial charge in [0.15, 0.2) is 5.13 Å². The van der Waals surface area contributed by atoms with Crippen LogP contribution in [0.3, 0.4) is 0 Å². The maximum Gasteiger partial charge on any atom is 0.271 e. The summed E-state index contributed by atoms with van der Waals surface area (Å²) in [6.45, 7) is 0.480. The van der Waals surface area contributed by atoms with Crippen LogP contribution >= 0.6 is 22.9 Å². The van der Waals surface area contributed by atoms with Crippen LogP contribution in [0.15, 0.2) is 126 Å². The van der Waals surface area contributed by atoms with Crippen molar-refractivity contribution in [1.82, 2.24) is 10.4 Å². The van der Waals surface area contributed by atoms with Crippen LogP contribution in [-0.2, 0) is 6.61 Å². The lowest BCUT2D eigenvalue weighted by Gasteiger charge is -2.09. The van der Waals surface area contributed by atoms with Crippen LogP contribution in [0.2, 0.25) is 5.02 Å². The summed E-state index contributed by atoms with van der Waals surface area (Å²) >= 11 is 7.46. The van der Waals surface area contributed by atoms with Gasteiger partial charge in [-0.2, -0.15) is 5.10 Å². The van der Waals surface area contributed by atoms with Gasteiger partial charge >= 0.3 is 0 Å². The highest BCUT2D eigenvalue weighted by Gasteiger charge is 2.08. The molecule has 0 aliphatic carbocycles. The standard InChI is InChI=1S/C34H25ClN4O2S/c35-28-14-16-29(17-15-28)37-34-38-32(22-42-34)25-10-12-26(13-11-25)33(40)39-36-20-23-8-18-30(19-9-23)41-21-27-6-3-5-24-4-1-2-7-31(24)27/h1-20,22H,21H2,(H,37,38)(H,39,40)/b36-20-. The van der Waals surface area contributed by atoms with Crippen LogP contribution in [0.25, 0.3) is 22.0 Å². The molecule has 0 saturated carbocycles. The molecule has 0 radical (unpaired) electrons. The summed E-state index contributed by atoms with van der Waals surface area (Å²) in [5.74, 6) is 0.466. The SMILES string of the molecule is O=C(N/N=C\c1ccc(OCc2cccc3ccccc23)cc1)c1ccc(-c2csc(Nc3ccc(Cl)cc3)n2)cc1. The molecule has 1 aromatic heterocycles. The van der Waals surface area contributed by atoms with Gasteiger partial charge in [0.1, 0.15) is 12.4 Å². The summed E-state index contributed by atoms with van der Waals surface area (Å²) < 4.78 is 6.00. The second-order valence-corrected chi connectivity index (χ2v) is 10.7. The maximum atomic E-state index is 12.6. The number of ether oxygens (including phenoxy) is 1. The lowest BCUT2D eigenvalue weighted by Crippen LogP contribution is -2.17. The molecular formula is C34H25ClN4O2S. The average Bonchev–Trinajstić information content (AvgIpc) is 3.50. The van der Waals surface area contributed by atoms with E-state index < -0.39 is 0 Å². The van der Waals surface area contributed by atoms with Crippen molar-refractivity contribution in [2.24, 2.45) is 5.10 Å². The Morgan fingerprint density at radius 2 is 1.64 bits per heavy atom. The zero-order valence-corrected chi connectivity index (χ0v) is 23.9. The first-order valence-electron chi connectivity index (χ1n) is 13.2. The van der Waals surface area contributed by atoms with Gasteiger partial charge in [-0.3, -0.25) is 4.79 Å². The Kier molecular flexibility index (Phi) is 8.21. The second kappa shape index (κ2) is 12.7. The van der Waals surface area contributed by atoms with Crippen molar-refractivity contribution >= 4 is 56.7 Å². The second-order valence-electron chi connectivity index (χ2n) is 9.44. The van der Waals surface area contributed by atoms with Gasteiger partial charge in [-0.1, -0.05) is 66.2 Å². The highest BCUT2D eigenvalue weighted by atomic mass is 35.5. The van der Waals surface area contributed by atoms with Crippen LogP contribution in [-0.4, -0.2) is 17.1 Å². The minimum Gasteiger partial charge on any atom is -0.489 e. The number of hydrazone groups is 1. The van der Waals surface area contributed by atoms with Gasteiger partial charge in [0.2, 0.25) is 0 Å². The molecule has 6 rings (SSSR count). The van der Waals surface area contributed by atoms with Crippen molar-refractivity contribution in [2.75, 3.05) is 5.32 Å². The number of hydrogen-bond donors (Lipinski definition) is 2. The van der Waals surface area contributed by atoms with Crippen molar-refractivity contribution in [2.45, 2.75) is 6.61 Å². The molecule has 2 N–H and O–H groups in total. The van der Waals surface area contributed by atoms with E-state index in [4.69, 9.17) is 16.3 Å². The molecule has 0 unspecified atom stereocenters. The number of amides is 1. The summed E-state index contributed by atoms with van der Waals surface area (Å²) in [5.41, 5.74) is 7.72. The highest BCUT2D eigenvalue weighted by Crippen LogP contribution is 2.28. The van der Waals surface area contributed by atoms with E-state index in [1.807, 2.05) is 84.2 Å². The fourth-order valence-corrected chi connectivity index (χ4v) is 5.24. The molecule has 8 heteroatoms. The summed E-state index contributed by atoms with van der Waals surface area (Å²) in [6, 6.07) is 36.8. The molecule has 206 valence electrons. The van der Waals surface area contributed by atoms with Crippen LogP contribution < -0.4 is 15.5 Å². The monoisotopic (exact) mass is 588 g/mol. The molecular weight excluding hydrogens is 564 g/mol. The Labute approximate surface area is 252 Å². The third kappa shape index (κ3) is 6.66. The van der Waals surface area contributed by atoms with E-state index in [9.17, 15) is 4.79 Å². The number of thiazole rings is 1. The number of carbonyl (C=O) groups excluding carboxylic acids is 1. The van der Waals surface area contributed by atoms with E-state index in [1.54, 1.807) is 18.3 Å². The van der Waals surface area contributed by atoms with Gasteiger partial charge in [-0.15, -0.1) is 11.3 Å². The largest absolute Gasteiger partial charge is 0.489 e. The van der Waals surface area contributed by atoms with Crippen molar-refractivity contribution in [3.8, 4) is 17.0 Å². The third-order valence-corrected chi connectivity index (χ3v) is 7.59. The van der Waals surface area contributed by atoms with E-state index in [0.29, 0.717) is 17.2 Å². The molecule has 1 amide bonds. The molecule has 0 aliphatic rings. The molecule has 42 heavy (non-hydrogen) atoms. The number of nitrogens with one attached hydrogen (secondary N) is 2. The topological polar surface area (TPSA) is 75.6 Å². The Bertz CT molecular complexity index is 1850. The summed E-state index contributed by atoms with van der Waals surface area (Å²) in [6.07, 6.45) is 1.60. The Morgan fingerprint density at radius 1 is 0.881 bits per heavy atom. The molecule has 0 saturated heterocycles. The van der Waals surface area contributed by atoms with Gasteiger partial charge < -0.3 is 10.1 Å². The quantitative estimate of drug-likeness (QED) is 0.131. The molecule has 0 aliphatic heterocycles. The maximum absolute atomic E-state index is 12.6. The zero-order chi connectivity index (χ0) is 28.7. The van der Waals surface area contributed by atoms with E-state index in [0.717, 1.165) is 39.0 Å². The molecule has 6 aromatic rings. The predicted molar refractivity (Wildman–Crippen MR) is 172 cm³/mol. The number of halogens is 1. The highest BCUT2D eigenvalue weighted by molar-refractivity contribution is 7.14. The first-order valence-corrected chi connectivity index (χ1v) is 14.5. The van der Waals surface area contributed by atoms with Crippen LogP contribution in [0.1, 0.15) is 21.5 Å². The van der Waals surface area contributed by atoms with Gasteiger partial charge in [0.25, 0.3) is 5.91 Å². The Balaban J connectivity index is 1.01. The van der Waals surface area contributed by atoms with Crippen molar-refractivity contribution in [1.29, 1.82) is 0 Å². The zero-order valence-electron chi connectivity index (χ0n) is 22.3. The minimum atomic E-state index is -0.295. The van der Waals surface area contributed by atoms with E-state index >= 15 is 0 Å². The summed E-state index contributed by atoms with van der Waals surface area (Å²) in [5, 5.41) is 13.2. The third-order valence-electron chi connectivity index (χ3n) is 6.58. The Morgan fingerprint density at radius 3 is 2.45 bits per heavy atom. The minimum absolute atomic E-state index is 0.295. The molecule has 0 bridgehead atoms. The van der Waals surface area contributed by atoms with Gasteiger partial charge in [-0.25, -0.2) is 10.4 Å². The molecule has 0 atom stereocenters. The number of benzene rings is 5. The number of aromatic nitrogens is 1. The number of fused-ring (bicyclic) bond motifs is 1. The molecule has 1 heterocycles. The first kappa shape index (κ1) is 27.2. The fourth-order valence-electron chi connectivity index (χ4n) is 4.37. The van der Waals surface area contributed by atoms with E-state index in [2.05, 4.69) is 45.1 Å². The summed E-state index contributed by atoms with van der Waals surface area (Å²) in [7, 11) is 0. The normalized spacial score (nSPS) is 11.1. The summed E-state index contributed by atoms with van der Waals surface area (Å²) in [4.78, 5) is 17.2. The van der Waals surface area contributed by atoms with Crippen LogP contribution in [0.5, 0.6) is 5.75 Å². The van der Waals surface area contributed by atoms with Gasteiger partial charge in [-0.05, 0) is 82.6 Å². The van der Waals surface area contributed by atoms with Gasteiger partial charge in [0, 0.05) is 27.2 Å². The van der Waals surface area contributed by atoms with E-state index in [-0.39, 0.29) is 5.91 Å². The molecule has 0 fully saturated rings. The fraction of sp³-hybridized carbons (Fsp3) is 0.0294. The lowest BCUT2D eigenvalue weighted by molar-refractivity contribution is 0.0955. The first-order chi connectivity index (χ1) is 20.6. The number of carbonyl (C=O) groups is 1. The predicted octanol–water partition coefficient (Wildman–Crippen LogP) is 8.70. The molecule has 0 spiro atoms. The lowest BCUT2D eigenvalue weighted by atomic mass is 10.1. The average molecular weight is 589 g/mol. The van der Waals surface area contributed by atoms with Crippen LogP contribution in [0.4, 0.5) is 10.8 Å². The van der Waals surface area contributed by atoms with Crippen molar-refractivity contribution in [3.63, 3.8) is 0 Å². The van der Waals surface area contributed by atoms with Gasteiger partial charge in [0.05, 0.1) is 11.9 Å². The number of anilines is 2. The number of nitrogens with zero attached hydrogens (tertiary/aromatic N) is 2. The van der Waals surface area contributed by atoms with Crippen LogP contribution in [0, 0.1) is 0 Å².